The molecule has 1 unspecified atom stereocenters. The molecule has 0 amide bonds. The van der Waals surface area contributed by atoms with Crippen molar-refractivity contribution in [1.82, 2.24) is 0 Å². The van der Waals surface area contributed by atoms with Gasteiger partial charge in [-0.3, -0.25) is 0 Å². The molecule has 0 radical (unpaired) electrons. The van der Waals surface area contributed by atoms with E-state index in [0.29, 0.717) is 21.8 Å². The van der Waals surface area contributed by atoms with Crippen molar-refractivity contribution in [2.45, 2.75) is 13.0 Å². The number of hydrogen-bond donors (Lipinski definition) is 2. The van der Waals surface area contributed by atoms with Crippen molar-refractivity contribution < 1.29 is 14.3 Å². The Morgan fingerprint density at radius 1 is 1.19 bits per heavy atom. The van der Waals surface area contributed by atoms with Gasteiger partial charge in [-0.1, -0.05) is 29.3 Å². The number of benzene rings is 2. The zero-order valence-electron chi connectivity index (χ0n) is 11.0. The summed E-state index contributed by atoms with van der Waals surface area (Å²) in [6.07, 6.45) is 0. The van der Waals surface area contributed by atoms with Crippen molar-refractivity contribution in [3.8, 4) is 0 Å². The topological polar surface area (TPSA) is 49.3 Å². The number of carboxylic acids is 1. The zero-order chi connectivity index (χ0) is 15.6. The lowest BCUT2D eigenvalue weighted by atomic mass is 10.1. The first kappa shape index (κ1) is 15.6. The molecule has 2 aromatic rings. The van der Waals surface area contributed by atoms with Crippen LogP contribution < -0.4 is 5.32 Å². The Morgan fingerprint density at radius 3 is 2.48 bits per heavy atom. The minimum Gasteiger partial charge on any atom is -0.479 e. The van der Waals surface area contributed by atoms with E-state index < -0.39 is 17.8 Å². The lowest BCUT2D eigenvalue weighted by molar-refractivity contribution is -0.138. The van der Waals surface area contributed by atoms with Gasteiger partial charge in [0, 0.05) is 5.69 Å². The van der Waals surface area contributed by atoms with Crippen LogP contribution in [-0.2, 0) is 4.79 Å². The van der Waals surface area contributed by atoms with Crippen LogP contribution in [0.15, 0.2) is 36.4 Å². The van der Waals surface area contributed by atoms with E-state index in [9.17, 15) is 14.3 Å². The number of hydrogen-bond acceptors (Lipinski definition) is 2. The van der Waals surface area contributed by atoms with Gasteiger partial charge in [-0.15, -0.1) is 0 Å². The van der Waals surface area contributed by atoms with E-state index in [2.05, 4.69) is 5.32 Å². The van der Waals surface area contributed by atoms with Gasteiger partial charge >= 0.3 is 5.97 Å². The van der Waals surface area contributed by atoms with Crippen LogP contribution in [0.5, 0.6) is 0 Å². The fourth-order valence-electron chi connectivity index (χ4n) is 1.97. The van der Waals surface area contributed by atoms with Crippen LogP contribution in [0.25, 0.3) is 0 Å². The van der Waals surface area contributed by atoms with E-state index in [1.807, 2.05) is 0 Å². The quantitative estimate of drug-likeness (QED) is 0.857. The molecule has 21 heavy (non-hydrogen) atoms. The van der Waals surface area contributed by atoms with Gasteiger partial charge in [0.1, 0.15) is 5.82 Å². The number of halogens is 3. The molecule has 0 saturated heterocycles. The van der Waals surface area contributed by atoms with Gasteiger partial charge in [0.15, 0.2) is 6.04 Å². The summed E-state index contributed by atoms with van der Waals surface area (Å²) in [6, 6.07) is 7.76. The van der Waals surface area contributed by atoms with Gasteiger partial charge in [-0.2, -0.15) is 0 Å². The molecule has 0 aliphatic carbocycles. The van der Waals surface area contributed by atoms with E-state index in [0.717, 1.165) is 0 Å². The van der Waals surface area contributed by atoms with E-state index >= 15 is 0 Å². The van der Waals surface area contributed by atoms with E-state index in [-0.39, 0.29) is 5.02 Å². The van der Waals surface area contributed by atoms with E-state index in [1.165, 1.54) is 24.3 Å². The Morgan fingerprint density at radius 2 is 1.90 bits per heavy atom. The third kappa shape index (κ3) is 3.86. The largest absolute Gasteiger partial charge is 0.479 e. The first-order valence-corrected chi connectivity index (χ1v) is 6.84. The molecule has 0 spiro atoms. The highest BCUT2D eigenvalue weighted by Gasteiger charge is 2.20. The molecule has 0 aromatic heterocycles. The monoisotopic (exact) mass is 327 g/mol. The molecule has 0 aliphatic rings. The Hall–Kier alpha value is -1.78. The van der Waals surface area contributed by atoms with Gasteiger partial charge in [-0.05, 0) is 48.4 Å². The van der Waals surface area contributed by atoms with Crippen molar-refractivity contribution in [3.63, 3.8) is 0 Å². The highest BCUT2D eigenvalue weighted by molar-refractivity contribution is 6.42. The number of aryl methyl sites for hydroxylation is 1. The van der Waals surface area contributed by atoms with Crippen molar-refractivity contribution in [3.05, 3.63) is 63.4 Å². The van der Waals surface area contributed by atoms with Crippen molar-refractivity contribution in [2.75, 3.05) is 5.32 Å². The highest BCUT2D eigenvalue weighted by atomic mass is 35.5. The summed E-state index contributed by atoms with van der Waals surface area (Å²) in [5.74, 6) is -1.54. The molecule has 2 N–H and O–H groups in total. The van der Waals surface area contributed by atoms with Crippen LogP contribution >= 0.6 is 23.2 Å². The number of nitrogens with one attached hydrogen (secondary N) is 1. The Balaban J connectivity index is 2.35. The molecule has 2 aromatic carbocycles. The normalized spacial score (nSPS) is 12.0. The lowest BCUT2D eigenvalue weighted by Crippen LogP contribution is -2.20. The number of anilines is 1. The smallest absolute Gasteiger partial charge is 0.330 e. The van der Waals surface area contributed by atoms with Crippen molar-refractivity contribution in [1.29, 1.82) is 0 Å². The zero-order valence-corrected chi connectivity index (χ0v) is 12.5. The molecular weight excluding hydrogens is 316 g/mol. The fraction of sp³-hybridized carbons (Fsp3) is 0.133. The molecule has 0 heterocycles. The molecule has 1 atom stereocenters. The second-order valence-electron chi connectivity index (χ2n) is 4.61. The summed E-state index contributed by atoms with van der Waals surface area (Å²) in [5.41, 5.74) is 1.50. The molecule has 2 rings (SSSR count). The average Bonchev–Trinajstić information content (AvgIpc) is 2.38. The highest BCUT2D eigenvalue weighted by Crippen LogP contribution is 2.28. The third-order valence-corrected chi connectivity index (χ3v) is 3.62. The summed E-state index contributed by atoms with van der Waals surface area (Å²) in [4.78, 5) is 11.4. The maximum atomic E-state index is 13.4. The van der Waals surface area contributed by atoms with Gasteiger partial charge < -0.3 is 10.4 Å². The Kier molecular flexibility index (Phi) is 4.70. The molecule has 110 valence electrons. The van der Waals surface area contributed by atoms with E-state index in [4.69, 9.17) is 23.2 Å². The average molecular weight is 328 g/mol. The summed E-state index contributed by atoms with van der Waals surface area (Å²) in [7, 11) is 0. The van der Waals surface area contributed by atoms with Crippen molar-refractivity contribution in [2.24, 2.45) is 0 Å². The van der Waals surface area contributed by atoms with Crippen LogP contribution in [0.1, 0.15) is 17.2 Å². The van der Waals surface area contributed by atoms with E-state index in [1.54, 1.807) is 19.1 Å². The summed E-state index contributed by atoms with van der Waals surface area (Å²) >= 11 is 11.7. The van der Waals surface area contributed by atoms with Crippen LogP contribution in [0, 0.1) is 12.7 Å². The molecule has 6 heteroatoms. The number of carboxylic acid groups (broad SMARTS) is 1. The van der Waals surface area contributed by atoms with Crippen LogP contribution in [-0.4, -0.2) is 11.1 Å². The molecule has 0 saturated carbocycles. The Bertz CT molecular complexity index is 671. The minimum atomic E-state index is -1.10. The van der Waals surface area contributed by atoms with Gasteiger partial charge in [0.25, 0.3) is 0 Å². The van der Waals surface area contributed by atoms with Crippen LogP contribution in [0.2, 0.25) is 10.0 Å². The molecule has 0 aliphatic heterocycles. The first-order valence-electron chi connectivity index (χ1n) is 6.08. The standard InChI is InChI=1S/C15H12Cl2FNO2/c1-8-4-10(18)7-11(5-8)19-14(15(20)21)9-2-3-12(16)13(17)6-9/h2-7,14,19H,1H3,(H,20,21). The van der Waals surface area contributed by atoms with Crippen LogP contribution in [0.4, 0.5) is 10.1 Å². The van der Waals surface area contributed by atoms with Crippen LogP contribution in [0.3, 0.4) is 0 Å². The number of rotatable bonds is 4. The van der Waals surface area contributed by atoms with Gasteiger partial charge in [0.05, 0.1) is 10.0 Å². The number of carbonyl (C=O) groups is 1. The summed E-state index contributed by atoms with van der Waals surface area (Å²) in [5, 5.41) is 12.7. The summed E-state index contributed by atoms with van der Waals surface area (Å²) in [6.45, 7) is 1.73. The molecule has 0 bridgehead atoms. The first-order chi connectivity index (χ1) is 9.86. The third-order valence-electron chi connectivity index (χ3n) is 2.88. The molecule has 3 nitrogen and oxygen atoms in total. The lowest BCUT2D eigenvalue weighted by Gasteiger charge is -2.17. The number of aliphatic carboxylic acids is 1. The maximum Gasteiger partial charge on any atom is 0.330 e. The second-order valence-corrected chi connectivity index (χ2v) is 5.42. The molecular formula is C15H12Cl2FNO2. The minimum absolute atomic E-state index is 0.262. The second kappa shape index (κ2) is 6.33. The predicted octanol–water partition coefficient (Wildman–Crippen LogP) is 4.68. The van der Waals surface area contributed by atoms with Gasteiger partial charge in [-0.25, -0.2) is 9.18 Å². The predicted molar refractivity (Wildman–Crippen MR) is 81.6 cm³/mol. The maximum absolute atomic E-state index is 13.4. The fourth-order valence-corrected chi connectivity index (χ4v) is 2.27. The Labute approximate surface area is 131 Å². The molecule has 0 fully saturated rings. The van der Waals surface area contributed by atoms with Crippen molar-refractivity contribution >= 4 is 34.9 Å². The van der Waals surface area contributed by atoms with Gasteiger partial charge in [0.2, 0.25) is 0 Å². The summed E-state index contributed by atoms with van der Waals surface area (Å²) < 4.78 is 13.4. The SMILES string of the molecule is Cc1cc(F)cc(NC(C(=O)O)c2ccc(Cl)c(Cl)c2)c1.